The summed E-state index contributed by atoms with van der Waals surface area (Å²) in [4.78, 5) is 8.13. The van der Waals surface area contributed by atoms with E-state index in [0.717, 1.165) is 10.6 Å². The largest absolute Gasteiger partial charge is 0.264 e. The third kappa shape index (κ3) is 1.47. The van der Waals surface area contributed by atoms with Crippen molar-refractivity contribution < 1.29 is 0 Å². The van der Waals surface area contributed by atoms with Crippen molar-refractivity contribution in [3.8, 4) is 10.6 Å². The Morgan fingerprint density at radius 3 is 2.83 bits per heavy atom. The fourth-order valence-electron chi connectivity index (χ4n) is 0.877. The summed E-state index contributed by atoms with van der Waals surface area (Å²) in [7, 11) is 0. The lowest BCUT2D eigenvalue weighted by Gasteiger charge is -1.91. The quantitative estimate of drug-likeness (QED) is 0.701. The van der Waals surface area contributed by atoms with E-state index >= 15 is 0 Å². The smallest absolute Gasteiger partial charge is 0.126 e. The SMILES string of the molecule is Clc1cnc(-c2cccnc2)s1. The van der Waals surface area contributed by atoms with Crippen molar-refractivity contribution in [3.05, 3.63) is 35.1 Å². The lowest BCUT2D eigenvalue weighted by molar-refractivity contribution is 1.31. The van der Waals surface area contributed by atoms with Gasteiger partial charge in [-0.3, -0.25) is 4.98 Å². The fraction of sp³-hybridized carbons (Fsp3) is 0. The monoisotopic (exact) mass is 196 g/mol. The molecule has 60 valence electrons. The van der Waals surface area contributed by atoms with Crippen LogP contribution >= 0.6 is 22.9 Å². The molecule has 2 nitrogen and oxygen atoms in total. The van der Waals surface area contributed by atoms with Gasteiger partial charge in [0.15, 0.2) is 0 Å². The minimum atomic E-state index is 0.703. The predicted molar refractivity (Wildman–Crippen MR) is 50.4 cm³/mol. The van der Waals surface area contributed by atoms with Crippen LogP contribution in [-0.4, -0.2) is 9.97 Å². The first-order valence-corrected chi connectivity index (χ1v) is 4.57. The summed E-state index contributed by atoms with van der Waals surface area (Å²) < 4.78 is 0.703. The lowest BCUT2D eigenvalue weighted by Crippen LogP contribution is -1.75. The number of aromatic nitrogens is 2. The first-order chi connectivity index (χ1) is 5.86. The van der Waals surface area contributed by atoms with Crippen molar-refractivity contribution in [1.29, 1.82) is 0 Å². The normalized spacial score (nSPS) is 10.1. The van der Waals surface area contributed by atoms with Gasteiger partial charge in [0.1, 0.15) is 9.34 Å². The van der Waals surface area contributed by atoms with E-state index in [1.54, 1.807) is 18.6 Å². The summed E-state index contributed by atoms with van der Waals surface area (Å²) >= 11 is 7.20. The van der Waals surface area contributed by atoms with Gasteiger partial charge in [-0.1, -0.05) is 11.6 Å². The number of halogens is 1. The molecule has 0 aliphatic rings. The predicted octanol–water partition coefficient (Wildman–Crippen LogP) is 2.86. The van der Waals surface area contributed by atoms with Crippen molar-refractivity contribution in [1.82, 2.24) is 9.97 Å². The summed E-state index contributed by atoms with van der Waals surface area (Å²) in [5.41, 5.74) is 1.01. The van der Waals surface area contributed by atoms with Gasteiger partial charge in [-0.05, 0) is 12.1 Å². The molecule has 2 rings (SSSR count). The maximum Gasteiger partial charge on any atom is 0.126 e. The number of thiazole rings is 1. The minimum absolute atomic E-state index is 0.703. The summed E-state index contributed by atoms with van der Waals surface area (Å²) in [5.74, 6) is 0. The van der Waals surface area contributed by atoms with Gasteiger partial charge < -0.3 is 0 Å². The Bertz CT molecular complexity index is 372. The average Bonchev–Trinajstić information content (AvgIpc) is 2.54. The fourth-order valence-corrected chi connectivity index (χ4v) is 1.78. The van der Waals surface area contributed by atoms with Gasteiger partial charge in [-0.15, -0.1) is 11.3 Å². The molecule has 0 atom stereocenters. The highest BCUT2D eigenvalue weighted by atomic mass is 35.5. The number of hydrogen-bond acceptors (Lipinski definition) is 3. The van der Waals surface area contributed by atoms with Crippen LogP contribution in [0.1, 0.15) is 0 Å². The highest BCUT2D eigenvalue weighted by Gasteiger charge is 2.01. The van der Waals surface area contributed by atoms with Crippen LogP contribution in [0.3, 0.4) is 0 Å². The molecule has 0 fully saturated rings. The van der Waals surface area contributed by atoms with Crippen molar-refractivity contribution in [2.24, 2.45) is 0 Å². The molecule has 0 bridgehead atoms. The maximum absolute atomic E-state index is 5.75. The molecular formula is C8H5ClN2S. The molecule has 0 unspecified atom stereocenters. The first kappa shape index (κ1) is 7.71. The molecule has 0 radical (unpaired) electrons. The zero-order valence-corrected chi connectivity index (χ0v) is 7.64. The number of nitrogens with zero attached hydrogens (tertiary/aromatic N) is 2. The van der Waals surface area contributed by atoms with E-state index in [0.29, 0.717) is 4.34 Å². The summed E-state index contributed by atoms with van der Waals surface area (Å²) in [5, 5.41) is 0.910. The van der Waals surface area contributed by atoms with Crippen LogP contribution in [0.5, 0.6) is 0 Å². The summed E-state index contributed by atoms with van der Waals surface area (Å²) in [6, 6.07) is 3.84. The summed E-state index contributed by atoms with van der Waals surface area (Å²) in [6.07, 6.45) is 5.16. The molecule has 0 aliphatic carbocycles. The molecule has 0 aliphatic heterocycles. The van der Waals surface area contributed by atoms with E-state index in [2.05, 4.69) is 9.97 Å². The maximum atomic E-state index is 5.75. The molecule has 0 amide bonds. The molecule has 0 spiro atoms. The second-order valence-electron chi connectivity index (χ2n) is 2.21. The van der Waals surface area contributed by atoms with Crippen LogP contribution < -0.4 is 0 Å². The molecule has 2 heterocycles. The van der Waals surface area contributed by atoms with Gasteiger partial charge in [0.05, 0.1) is 6.20 Å². The molecule has 0 N–H and O–H groups in total. The Morgan fingerprint density at radius 2 is 2.25 bits per heavy atom. The molecule has 2 aromatic rings. The van der Waals surface area contributed by atoms with Crippen LogP contribution in [0, 0.1) is 0 Å². The second kappa shape index (κ2) is 3.21. The molecule has 4 heteroatoms. The Labute approximate surface area is 78.9 Å². The van der Waals surface area contributed by atoms with E-state index in [1.807, 2.05) is 12.1 Å². The van der Waals surface area contributed by atoms with Gasteiger partial charge in [-0.2, -0.15) is 0 Å². The zero-order valence-electron chi connectivity index (χ0n) is 6.07. The first-order valence-electron chi connectivity index (χ1n) is 3.38. The van der Waals surface area contributed by atoms with Crippen LogP contribution in [0.2, 0.25) is 4.34 Å². The van der Waals surface area contributed by atoms with Crippen LogP contribution in [0.15, 0.2) is 30.7 Å². The lowest BCUT2D eigenvalue weighted by atomic mass is 10.3. The van der Waals surface area contributed by atoms with E-state index in [4.69, 9.17) is 11.6 Å². The highest BCUT2D eigenvalue weighted by Crippen LogP contribution is 2.26. The Kier molecular flexibility index (Phi) is 2.06. The van der Waals surface area contributed by atoms with Crippen LogP contribution in [0.25, 0.3) is 10.6 Å². The summed E-state index contributed by atoms with van der Waals surface area (Å²) in [6.45, 7) is 0. The van der Waals surface area contributed by atoms with Crippen molar-refractivity contribution >= 4 is 22.9 Å². The average molecular weight is 197 g/mol. The van der Waals surface area contributed by atoms with Crippen LogP contribution in [0.4, 0.5) is 0 Å². The zero-order chi connectivity index (χ0) is 8.39. The van der Waals surface area contributed by atoms with E-state index in [1.165, 1.54) is 11.3 Å². The standard InChI is InChI=1S/C8H5ClN2S/c9-7-5-11-8(12-7)6-2-1-3-10-4-6/h1-5H. The van der Waals surface area contributed by atoms with E-state index in [9.17, 15) is 0 Å². The third-order valence-electron chi connectivity index (χ3n) is 1.39. The third-order valence-corrected chi connectivity index (χ3v) is 2.55. The van der Waals surface area contributed by atoms with E-state index < -0.39 is 0 Å². The van der Waals surface area contributed by atoms with Gasteiger partial charge in [0.25, 0.3) is 0 Å². The van der Waals surface area contributed by atoms with Gasteiger partial charge in [0.2, 0.25) is 0 Å². The Balaban J connectivity index is 2.45. The molecule has 0 aromatic carbocycles. The molecule has 0 saturated carbocycles. The highest BCUT2D eigenvalue weighted by molar-refractivity contribution is 7.18. The van der Waals surface area contributed by atoms with Gasteiger partial charge >= 0.3 is 0 Å². The van der Waals surface area contributed by atoms with Crippen LogP contribution in [-0.2, 0) is 0 Å². The van der Waals surface area contributed by atoms with Crippen molar-refractivity contribution in [2.45, 2.75) is 0 Å². The molecule has 12 heavy (non-hydrogen) atoms. The van der Waals surface area contributed by atoms with Crippen molar-refractivity contribution in [2.75, 3.05) is 0 Å². The van der Waals surface area contributed by atoms with E-state index in [-0.39, 0.29) is 0 Å². The van der Waals surface area contributed by atoms with Gasteiger partial charge in [-0.25, -0.2) is 4.98 Å². The minimum Gasteiger partial charge on any atom is -0.264 e. The number of pyridine rings is 1. The molecule has 0 saturated heterocycles. The van der Waals surface area contributed by atoms with Crippen molar-refractivity contribution in [3.63, 3.8) is 0 Å². The van der Waals surface area contributed by atoms with Gasteiger partial charge in [0, 0.05) is 18.0 Å². The topological polar surface area (TPSA) is 25.8 Å². The molecular weight excluding hydrogens is 192 g/mol. The number of rotatable bonds is 1. The molecule has 2 aromatic heterocycles. The number of hydrogen-bond donors (Lipinski definition) is 0. The Morgan fingerprint density at radius 1 is 1.33 bits per heavy atom. The second-order valence-corrected chi connectivity index (χ2v) is 3.87. The Hall–Kier alpha value is -0.930.